The maximum atomic E-state index is 15.7. The molecule has 0 amide bonds. The van der Waals surface area contributed by atoms with Gasteiger partial charge in [-0.25, -0.2) is 0 Å². The standard InChI is InChI=1S/C26H30FIN2O12P/c27-26(23(34)22(33)24(41-26)30-12-11-21(32)29-25(30)35)17-40-43(36,39-15-19-9-5-2-6-10-19)42-28-38-16-20(13-31)37-14-18-7-3-1-4-8-18/h1-12,20,22-24,31,33-34H,13-17H2,(H,29,32,35)/q-1/t20?,22-,23+,24-,26-,43?/m1/s1. The van der Waals surface area contributed by atoms with Crippen molar-refractivity contribution in [3.05, 3.63) is 105 Å². The molecule has 43 heavy (non-hydrogen) atoms. The van der Waals surface area contributed by atoms with Crippen molar-refractivity contribution in [2.75, 3.05) is 19.8 Å². The third kappa shape index (κ3) is 9.32. The van der Waals surface area contributed by atoms with Gasteiger partial charge >= 0.3 is 256 Å². The fourth-order valence-corrected chi connectivity index (χ4v) is 6.85. The topological polar surface area (TPSA) is 188 Å². The summed E-state index contributed by atoms with van der Waals surface area (Å²) in [6.45, 7) is -1.77. The van der Waals surface area contributed by atoms with Gasteiger partial charge in [0.05, 0.1) is 0 Å². The van der Waals surface area contributed by atoms with Crippen molar-refractivity contribution in [1.29, 1.82) is 0 Å². The number of phosphoric ester groups is 1. The van der Waals surface area contributed by atoms with Crippen LogP contribution in [0.15, 0.2) is 82.5 Å². The minimum atomic E-state index is -4.57. The molecule has 14 nitrogen and oxygen atoms in total. The van der Waals surface area contributed by atoms with E-state index in [1.165, 1.54) is 0 Å². The van der Waals surface area contributed by atoms with Gasteiger partial charge in [0.1, 0.15) is 0 Å². The minimum absolute atomic E-state index is 0.119. The Morgan fingerprint density at radius 1 is 1.02 bits per heavy atom. The first-order valence-electron chi connectivity index (χ1n) is 12.8. The second kappa shape index (κ2) is 15.6. The van der Waals surface area contributed by atoms with E-state index >= 15 is 4.39 Å². The Hall–Kier alpha value is -2.35. The Balaban J connectivity index is 1.38. The zero-order valence-electron chi connectivity index (χ0n) is 22.4. The molecule has 2 aromatic carbocycles. The van der Waals surface area contributed by atoms with Crippen LogP contribution < -0.4 is 33.3 Å². The van der Waals surface area contributed by atoms with Crippen LogP contribution in [0.25, 0.3) is 0 Å². The Labute approximate surface area is 255 Å². The molecule has 0 aliphatic carbocycles. The van der Waals surface area contributed by atoms with Crippen LogP contribution in [-0.2, 0) is 42.2 Å². The number of aliphatic hydroxyl groups excluding tert-OH is 3. The summed E-state index contributed by atoms with van der Waals surface area (Å²) >= 11 is -1.83. The molecule has 0 bridgehead atoms. The maximum absolute atomic E-state index is 15.7. The van der Waals surface area contributed by atoms with E-state index in [-0.39, 0.29) is 26.4 Å². The normalized spacial score (nSPS) is 24.1. The summed E-state index contributed by atoms with van der Waals surface area (Å²) in [6, 6.07) is 18.7. The number of rotatable bonds is 16. The van der Waals surface area contributed by atoms with Crippen molar-refractivity contribution in [1.82, 2.24) is 9.55 Å². The Bertz CT molecular complexity index is 1470. The van der Waals surface area contributed by atoms with Crippen LogP contribution >= 0.6 is 7.82 Å². The molecule has 3 aromatic rings. The number of nitrogens with zero attached hydrogens (tertiary/aromatic N) is 1. The van der Waals surface area contributed by atoms with Gasteiger partial charge in [0.25, 0.3) is 0 Å². The number of aliphatic hydroxyl groups is 3. The number of hydrogen-bond acceptors (Lipinski definition) is 12. The molecule has 236 valence electrons. The van der Waals surface area contributed by atoms with Gasteiger partial charge < -0.3 is 0 Å². The number of phosphoric acid groups is 1. The van der Waals surface area contributed by atoms with Crippen LogP contribution in [-0.4, -0.2) is 68.9 Å². The fourth-order valence-electron chi connectivity index (χ4n) is 3.78. The van der Waals surface area contributed by atoms with E-state index in [9.17, 15) is 29.5 Å². The van der Waals surface area contributed by atoms with Gasteiger partial charge in [0, 0.05) is 0 Å². The van der Waals surface area contributed by atoms with Crippen LogP contribution in [0.1, 0.15) is 17.4 Å². The molecule has 0 spiro atoms. The molecular weight excluding hydrogens is 709 g/mol. The summed E-state index contributed by atoms with van der Waals surface area (Å²) in [6.07, 6.45) is -5.74. The second-order valence-corrected chi connectivity index (χ2v) is 12.9. The zero-order valence-corrected chi connectivity index (χ0v) is 25.5. The van der Waals surface area contributed by atoms with Crippen molar-refractivity contribution in [3.63, 3.8) is 0 Å². The molecule has 1 aliphatic heterocycles. The van der Waals surface area contributed by atoms with Crippen LogP contribution in [0.2, 0.25) is 0 Å². The van der Waals surface area contributed by atoms with E-state index in [4.69, 9.17) is 24.4 Å². The molecule has 6 atom stereocenters. The number of halogens is 2. The van der Waals surface area contributed by atoms with E-state index < -0.39 is 78.1 Å². The molecule has 4 N–H and O–H groups in total. The molecular formula is C26H30FIN2O12P-. The molecule has 17 heteroatoms. The summed E-state index contributed by atoms with van der Waals surface area (Å²) in [5, 5.41) is 30.4. The number of aromatic amines is 1. The number of nitrogens with one attached hydrogen (secondary N) is 1. The fraction of sp³-hybridized carbons (Fsp3) is 0.385. The molecule has 0 saturated carbocycles. The third-order valence-corrected chi connectivity index (χ3v) is 9.75. The molecule has 1 aromatic heterocycles. The molecule has 1 aliphatic rings. The number of ether oxygens (including phenoxy) is 2. The van der Waals surface area contributed by atoms with Crippen LogP contribution in [0.4, 0.5) is 4.39 Å². The second-order valence-electron chi connectivity index (χ2n) is 9.24. The zero-order chi connectivity index (χ0) is 30.9. The molecule has 0 radical (unpaired) electrons. The Morgan fingerprint density at radius 2 is 1.67 bits per heavy atom. The van der Waals surface area contributed by atoms with Crippen molar-refractivity contribution >= 4 is 7.82 Å². The monoisotopic (exact) mass is 739 g/mol. The van der Waals surface area contributed by atoms with Gasteiger partial charge in [-0.3, -0.25) is 0 Å². The number of alkyl halides is 1. The van der Waals surface area contributed by atoms with Gasteiger partial charge in [-0.15, -0.1) is 0 Å². The number of aromatic nitrogens is 2. The number of benzene rings is 2. The number of H-pyrrole nitrogens is 1. The quantitative estimate of drug-likeness (QED) is 0.0745. The van der Waals surface area contributed by atoms with E-state index in [1.807, 2.05) is 35.3 Å². The third-order valence-electron chi connectivity index (χ3n) is 6.09. The van der Waals surface area contributed by atoms with Crippen molar-refractivity contribution in [2.24, 2.45) is 0 Å². The Kier molecular flexibility index (Phi) is 12.2. The summed E-state index contributed by atoms with van der Waals surface area (Å²) in [7, 11) is -4.57. The van der Waals surface area contributed by atoms with Crippen molar-refractivity contribution in [3.8, 4) is 0 Å². The van der Waals surface area contributed by atoms with Gasteiger partial charge in [-0.05, 0) is 0 Å². The van der Waals surface area contributed by atoms with Crippen LogP contribution in [0.5, 0.6) is 0 Å². The average molecular weight is 739 g/mol. The average Bonchev–Trinajstić information content (AvgIpc) is 3.24. The SMILES string of the molecule is O=c1ccn([C@@H]2O[C@](F)(COP(=O)(OCc3ccccc3)O[I-]OCC(CO)OCc3ccccc3)[C@@H](O)[C@H]2O)c(=O)[nH]1. The first kappa shape index (κ1) is 33.5. The first-order valence-corrected chi connectivity index (χ1v) is 16.0. The van der Waals surface area contributed by atoms with Gasteiger partial charge in [-0.1, -0.05) is 0 Å². The van der Waals surface area contributed by atoms with E-state index in [0.29, 0.717) is 10.1 Å². The molecule has 2 heterocycles. The summed E-state index contributed by atoms with van der Waals surface area (Å²) < 4.78 is 62.0. The van der Waals surface area contributed by atoms with Crippen LogP contribution in [0, 0.1) is 0 Å². The first-order chi connectivity index (χ1) is 20.6. The van der Waals surface area contributed by atoms with Crippen molar-refractivity contribution in [2.45, 2.75) is 43.6 Å². The molecule has 2 unspecified atom stereocenters. The summed E-state index contributed by atoms with van der Waals surface area (Å²) in [5.74, 6) is -3.17. The number of hydrogen-bond donors (Lipinski definition) is 4. The van der Waals surface area contributed by atoms with Gasteiger partial charge in [-0.2, -0.15) is 0 Å². The Morgan fingerprint density at radius 3 is 2.30 bits per heavy atom. The van der Waals surface area contributed by atoms with Crippen LogP contribution in [0.3, 0.4) is 0 Å². The van der Waals surface area contributed by atoms with Crippen molar-refractivity contribution < 1.29 is 70.8 Å². The van der Waals surface area contributed by atoms with Gasteiger partial charge in [0.15, 0.2) is 0 Å². The molecule has 1 fully saturated rings. The van der Waals surface area contributed by atoms with Gasteiger partial charge in [0.2, 0.25) is 0 Å². The predicted molar refractivity (Wildman–Crippen MR) is 141 cm³/mol. The summed E-state index contributed by atoms with van der Waals surface area (Å²) in [4.78, 5) is 25.4. The van der Waals surface area contributed by atoms with E-state index in [1.54, 1.807) is 30.3 Å². The molecule has 4 rings (SSSR count). The van der Waals surface area contributed by atoms with E-state index in [0.717, 1.165) is 17.8 Å². The summed E-state index contributed by atoms with van der Waals surface area (Å²) in [5.41, 5.74) is -0.293. The molecule has 1 saturated heterocycles. The predicted octanol–water partition coefficient (Wildman–Crippen LogP) is -1.68. The van der Waals surface area contributed by atoms with E-state index in [2.05, 4.69) is 0 Å².